The molecule has 0 aliphatic heterocycles. The van der Waals surface area contributed by atoms with Crippen molar-refractivity contribution in [3.63, 3.8) is 0 Å². The van der Waals surface area contributed by atoms with Gasteiger partial charge in [0.2, 0.25) is 0 Å². The van der Waals surface area contributed by atoms with Gasteiger partial charge >= 0.3 is 5.97 Å². The minimum Gasteiger partial charge on any atom is -0.477 e. The van der Waals surface area contributed by atoms with Crippen LogP contribution in [0.2, 0.25) is 0 Å². The van der Waals surface area contributed by atoms with E-state index in [0.29, 0.717) is 16.8 Å². The van der Waals surface area contributed by atoms with Crippen molar-refractivity contribution in [2.24, 2.45) is 0 Å². The number of halogens is 1. The zero-order valence-corrected chi connectivity index (χ0v) is 9.69. The number of carbonyl (C=O) groups is 1. The van der Waals surface area contributed by atoms with E-state index >= 15 is 0 Å². The van der Waals surface area contributed by atoms with Crippen LogP contribution in [-0.4, -0.2) is 21.0 Å². The van der Waals surface area contributed by atoms with E-state index in [4.69, 9.17) is 17.3 Å². The fourth-order valence-electron chi connectivity index (χ4n) is 1.56. The van der Waals surface area contributed by atoms with Crippen LogP contribution in [0.3, 0.4) is 0 Å². The molecule has 0 bridgehead atoms. The quantitative estimate of drug-likeness (QED) is 0.720. The minimum absolute atomic E-state index is 0.0268. The zero-order chi connectivity index (χ0) is 12.6. The lowest BCUT2D eigenvalue weighted by atomic mass is 10.1. The largest absolute Gasteiger partial charge is 0.477 e. The average molecular weight is 252 g/mol. The monoisotopic (exact) mass is 252 g/mol. The Morgan fingerprint density at radius 2 is 2.12 bits per heavy atom. The van der Waals surface area contributed by atoms with Crippen molar-refractivity contribution >= 4 is 18.2 Å². The van der Waals surface area contributed by atoms with Crippen molar-refractivity contribution in [2.75, 3.05) is 0 Å². The predicted octanol–water partition coefficient (Wildman–Crippen LogP) is 2.89. The van der Waals surface area contributed by atoms with E-state index in [0.717, 1.165) is 0 Å². The molecule has 0 aliphatic rings. The van der Waals surface area contributed by atoms with Gasteiger partial charge in [-0.05, 0) is 42.9 Å². The fourth-order valence-corrected chi connectivity index (χ4v) is 1.76. The number of nitrogens with one attached hydrogen (secondary N) is 2. The standard InChI is InChI=1S/C11H9FN2O2S/c1-5-4-6(2-3-7(5)12)8-9(10(15)16)14-11(17)13-8/h2-4H,1H3,(H,15,16)(H2,13,14,17). The summed E-state index contributed by atoms with van der Waals surface area (Å²) in [7, 11) is 0. The molecule has 2 aromatic rings. The Hall–Kier alpha value is -1.95. The smallest absolute Gasteiger partial charge is 0.354 e. The van der Waals surface area contributed by atoms with Crippen LogP contribution >= 0.6 is 12.2 Å². The number of benzene rings is 1. The highest BCUT2D eigenvalue weighted by atomic mass is 32.1. The normalized spacial score (nSPS) is 10.5. The second-order valence-corrected chi connectivity index (χ2v) is 4.01. The Morgan fingerprint density at radius 3 is 2.71 bits per heavy atom. The van der Waals surface area contributed by atoms with E-state index in [9.17, 15) is 9.18 Å². The molecule has 1 aromatic carbocycles. The molecule has 0 unspecified atom stereocenters. The summed E-state index contributed by atoms with van der Waals surface area (Å²) in [6, 6.07) is 4.36. The van der Waals surface area contributed by atoms with Gasteiger partial charge < -0.3 is 15.1 Å². The first-order valence-corrected chi connectivity index (χ1v) is 5.22. The van der Waals surface area contributed by atoms with Crippen LogP contribution in [0.15, 0.2) is 18.2 Å². The first-order valence-electron chi connectivity index (χ1n) is 4.81. The number of H-pyrrole nitrogens is 2. The van der Waals surface area contributed by atoms with E-state index in [2.05, 4.69) is 9.97 Å². The maximum absolute atomic E-state index is 13.1. The molecule has 0 atom stereocenters. The Kier molecular flexibility index (Phi) is 2.81. The number of aromatic amines is 2. The van der Waals surface area contributed by atoms with Crippen LogP contribution in [0.5, 0.6) is 0 Å². The molecule has 0 fully saturated rings. The molecular formula is C11H9FN2O2S. The number of hydrogen-bond acceptors (Lipinski definition) is 2. The maximum atomic E-state index is 13.1. The average Bonchev–Trinajstić information content (AvgIpc) is 2.64. The van der Waals surface area contributed by atoms with Gasteiger partial charge in [-0.15, -0.1) is 0 Å². The van der Waals surface area contributed by atoms with Gasteiger partial charge in [-0.25, -0.2) is 9.18 Å². The number of aromatic carboxylic acids is 1. The van der Waals surface area contributed by atoms with E-state index < -0.39 is 5.97 Å². The molecule has 17 heavy (non-hydrogen) atoms. The van der Waals surface area contributed by atoms with Gasteiger partial charge in [-0.3, -0.25) is 0 Å². The maximum Gasteiger partial charge on any atom is 0.354 e. The van der Waals surface area contributed by atoms with Gasteiger partial charge in [-0.1, -0.05) is 0 Å². The molecule has 0 spiro atoms. The summed E-state index contributed by atoms with van der Waals surface area (Å²) in [6.07, 6.45) is 0. The Bertz CT molecular complexity index is 645. The first kappa shape index (κ1) is 11.5. The lowest BCUT2D eigenvalue weighted by Crippen LogP contribution is -1.99. The lowest BCUT2D eigenvalue weighted by molar-refractivity contribution is 0.0692. The molecule has 0 saturated carbocycles. The number of aromatic nitrogens is 2. The van der Waals surface area contributed by atoms with Crippen LogP contribution < -0.4 is 0 Å². The number of aryl methyl sites for hydroxylation is 1. The lowest BCUT2D eigenvalue weighted by Gasteiger charge is -2.02. The summed E-state index contributed by atoms with van der Waals surface area (Å²) in [6.45, 7) is 1.61. The van der Waals surface area contributed by atoms with E-state index in [1.54, 1.807) is 13.0 Å². The SMILES string of the molecule is Cc1cc(-c2[nH]c(=S)[nH]c2C(=O)O)ccc1F. The highest BCUT2D eigenvalue weighted by Gasteiger charge is 2.15. The summed E-state index contributed by atoms with van der Waals surface area (Å²) in [5, 5.41) is 8.99. The molecule has 0 radical (unpaired) electrons. The molecule has 3 N–H and O–H groups in total. The molecule has 1 heterocycles. The van der Waals surface area contributed by atoms with Gasteiger partial charge in [0.05, 0.1) is 5.69 Å². The van der Waals surface area contributed by atoms with E-state index in [-0.39, 0.29) is 16.3 Å². The Morgan fingerprint density at radius 1 is 1.41 bits per heavy atom. The number of carboxylic acid groups (broad SMARTS) is 1. The molecule has 2 rings (SSSR count). The Balaban J connectivity index is 2.63. The van der Waals surface area contributed by atoms with Crippen LogP contribution in [0.4, 0.5) is 4.39 Å². The van der Waals surface area contributed by atoms with E-state index in [1.807, 2.05) is 0 Å². The van der Waals surface area contributed by atoms with Gasteiger partial charge in [-0.2, -0.15) is 0 Å². The number of rotatable bonds is 2. The van der Waals surface area contributed by atoms with Crippen LogP contribution in [0.25, 0.3) is 11.3 Å². The molecular weight excluding hydrogens is 243 g/mol. The molecule has 0 amide bonds. The fraction of sp³-hybridized carbons (Fsp3) is 0.0909. The molecule has 0 aliphatic carbocycles. The van der Waals surface area contributed by atoms with Crippen LogP contribution in [0.1, 0.15) is 16.1 Å². The molecule has 1 aromatic heterocycles. The van der Waals surface area contributed by atoms with Crippen LogP contribution in [-0.2, 0) is 0 Å². The molecule has 4 nitrogen and oxygen atoms in total. The summed E-state index contributed by atoms with van der Waals surface area (Å²) >= 11 is 4.85. The van der Waals surface area contributed by atoms with Crippen molar-refractivity contribution in [1.29, 1.82) is 0 Å². The highest BCUT2D eigenvalue weighted by molar-refractivity contribution is 7.71. The van der Waals surface area contributed by atoms with Gasteiger partial charge in [0.1, 0.15) is 5.82 Å². The van der Waals surface area contributed by atoms with Crippen molar-refractivity contribution in [2.45, 2.75) is 6.92 Å². The minimum atomic E-state index is -1.12. The highest BCUT2D eigenvalue weighted by Crippen LogP contribution is 2.23. The van der Waals surface area contributed by atoms with Gasteiger partial charge in [0, 0.05) is 5.56 Å². The van der Waals surface area contributed by atoms with Crippen molar-refractivity contribution < 1.29 is 14.3 Å². The van der Waals surface area contributed by atoms with Gasteiger partial charge in [0.25, 0.3) is 0 Å². The summed E-state index contributed by atoms with van der Waals surface area (Å²) in [5.41, 5.74) is 1.35. The number of hydrogen-bond donors (Lipinski definition) is 3. The second-order valence-electron chi connectivity index (χ2n) is 3.60. The van der Waals surface area contributed by atoms with Crippen molar-refractivity contribution in [1.82, 2.24) is 9.97 Å². The van der Waals surface area contributed by atoms with Crippen LogP contribution in [0, 0.1) is 17.5 Å². The third kappa shape index (κ3) is 2.12. The third-order valence-electron chi connectivity index (χ3n) is 2.39. The predicted molar refractivity (Wildman–Crippen MR) is 63.1 cm³/mol. The second kappa shape index (κ2) is 4.14. The van der Waals surface area contributed by atoms with Gasteiger partial charge in [0.15, 0.2) is 10.5 Å². The number of imidazole rings is 1. The topological polar surface area (TPSA) is 68.9 Å². The molecule has 6 heteroatoms. The third-order valence-corrected chi connectivity index (χ3v) is 2.59. The summed E-state index contributed by atoms with van der Waals surface area (Å²) in [5.74, 6) is -1.45. The summed E-state index contributed by atoms with van der Waals surface area (Å²) in [4.78, 5) is 16.3. The summed E-state index contributed by atoms with van der Waals surface area (Å²) < 4.78 is 13.3. The number of carboxylic acids is 1. The van der Waals surface area contributed by atoms with Crippen molar-refractivity contribution in [3.05, 3.63) is 40.0 Å². The Labute approximate surface area is 101 Å². The first-order chi connectivity index (χ1) is 7.99. The molecule has 88 valence electrons. The van der Waals surface area contributed by atoms with E-state index in [1.165, 1.54) is 12.1 Å². The molecule has 0 saturated heterocycles. The zero-order valence-electron chi connectivity index (χ0n) is 8.87. The van der Waals surface area contributed by atoms with Crippen molar-refractivity contribution in [3.8, 4) is 11.3 Å².